The molecule has 0 unspecified atom stereocenters. The molecule has 1 saturated heterocycles. The Labute approximate surface area is 164 Å². The first-order valence-electron chi connectivity index (χ1n) is 9.27. The number of anilines is 1. The molecule has 3 heterocycles. The molecule has 0 spiro atoms. The van der Waals surface area contributed by atoms with Gasteiger partial charge in [-0.1, -0.05) is 29.8 Å². The Morgan fingerprint density at radius 1 is 1.15 bits per heavy atom. The molecule has 0 bridgehead atoms. The van der Waals surface area contributed by atoms with Gasteiger partial charge in [0, 0.05) is 42.1 Å². The zero-order valence-electron chi connectivity index (χ0n) is 15.1. The van der Waals surface area contributed by atoms with Crippen molar-refractivity contribution in [3.63, 3.8) is 0 Å². The number of hydrogen-bond donors (Lipinski definition) is 2. The number of halogens is 1. The van der Waals surface area contributed by atoms with E-state index in [1.54, 1.807) is 12.5 Å². The van der Waals surface area contributed by atoms with Crippen molar-refractivity contribution in [2.75, 3.05) is 25.0 Å². The van der Waals surface area contributed by atoms with E-state index in [4.69, 9.17) is 16.6 Å². The van der Waals surface area contributed by atoms with Gasteiger partial charge in [0.15, 0.2) is 0 Å². The fourth-order valence-corrected chi connectivity index (χ4v) is 4.11. The topological polar surface area (TPSA) is 67.7 Å². The third-order valence-corrected chi connectivity index (χ3v) is 5.53. The van der Waals surface area contributed by atoms with Crippen LogP contribution in [0.15, 0.2) is 55.2 Å². The smallest absolute Gasteiger partial charge is 0.222 e. The Morgan fingerprint density at radius 3 is 2.78 bits per heavy atom. The van der Waals surface area contributed by atoms with Gasteiger partial charge >= 0.3 is 0 Å². The maximum atomic E-state index is 6.59. The lowest BCUT2D eigenvalue weighted by Gasteiger charge is -2.38. The van der Waals surface area contributed by atoms with E-state index in [0.29, 0.717) is 5.95 Å². The Kier molecular flexibility index (Phi) is 5.36. The molecule has 0 aliphatic carbocycles. The lowest BCUT2D eigenvalue weighted by atomic mass is 9.70. The van der Waals surface area contributed by atoms with E-state index in [0.717, 1.165) is 55.3 Å². The first kappa shape index (κ1) is 17.9. The zero-order valence-corrected chi connectivity index (χ0v) is 15.9. The predicted molar refractivity (Wildman–Crippen MR) is 107 cm³/mol. The maximum absolute atomic E-state index is 6.59. The number of rotatable bonds is 6. The van der Waals surface area contributed by atoms with Gasteiger partial charge in [-0.15, -0.1) is 0 Å². The van der Waals surface area contributed by atoms with Gasteiger partial charge < -0.3 is 15.2 Å². The molecule has 27 heavy (non-hydrogen) atoms. The van der Waals surface area contributed by atoms with Gasteiger partial charge in [0.2, 0.25) is 5.95 Å². The van der Waals surface area contributed by atoms with Gasteiger partial charge in [-0.3, -0.25) is 0 Å². The SMILES string of the molecule is Clc1ccccc1C1(c2ccnc(NCCn3ccnc3)n2)CCNCC1. The van der Waals surface area contributed by atoms with Crippen LogP contribution in [0.3, 0.4) is 0 Å². The molecule has 1 aliphatic heterocycles. The van der Waals surface area contributed by atoms with Gasteiger partial charge in [0.05, 0.1) is 12.0 Å². The minimum Gasteiger partial charge on any atom is -0.352 e. The van der Waals surface area contributed by atoms with Crippen molar-refractivity contribution in [3.05, 3.63) is 71.5 Å². The summed E-state index contributed by atoms with van der Waals surface area (Å²) >= 11 is 6.59. The summed E-state index contributed by atoms with van der Waals surface area (Å²) in [7, 11) is 0. The van der Waals surface area contributed by atoms with E-state index < -0.39 is 0 Å². The van der Waals surface area contributed by atoms with Crippen LogP contribution in [-0.2, 0) is 12.0 Å². The Morgan fingerprint density at radius 2 is 2.00 bits per heavy atom. The van der Waals surface area contributed by atoms with Crippen LogP contribution < -0.4 is 10.6 Å². The molecule has 140 valence electrons. The van der Waals surface area contributed by atoms with Crippen LogP contribution >= 0.6 is 11.6 Å². The number of imidazole rings is 1. The van der Waals surface area contributed by atoms with Crippen molar-refractivity contribution in [1.29, 1.82) is 0 Å². The summed E-state index contributed by atoms with van der Waals surface area (Å²) in [5.41, 5.74) is 1.99. The van der Waals surface area contributed by atoms with E-state index in [1.165, 1.54) is 0 Å². The molecule has 3 aromatic rings. The predicted octanol–water partition coefficient (Wildman–Crippen LogP) is 3.11. The van der Waals surface area contributed by atoms with Crippen LogP contribution in [0.4, 0.5) is 5.95 Å². The molecular weight excluding hydrogens is 360 g/mol. The summed E-state index contributed by atoms with van der Waals surface area (Å²) in [6, 6.07) is 10.1. The average molecular weight is 383 g/mol. The number of benzene rings is 1. The van der Waals surface area contributed by atoms with Crippen molar-refractivity contribution in [2.45, 2.75) is 24.8 Å². The highest BCUT2D eigenvalue weighted by Crippen LogP contribution is 2.42. The molecule has 2 N–H and O–H groups in total. The van der Waals surface area contributed by atoms with E-state index in [1.807, 2.05) is 35.2 Å². The highest BCUT2D eigenvalue weighted by Gasteiger charge is 2.38. The minimum absolute atomic E-state index is 0.187. The molecule has 4 rings (SSSR count). The van der Waals surface area contributed by atoms with Crippen molar-refractivity contribution in [1.82, 2.24) is 24.8 Å². The lowest BCUT2D eigenvalue weighted by Crippen LogP contribution is -2.41. The Bertz CT molecular complexity index is 874. The van der Waals surface area contributed by atoms with Crippen LogP contribution in [0.1, 0.15) is 24.1 Å². The third kappa shape index (κ3) is 3.82. The largest absolute Gasteiger partial charge is 0.352 e. The number of nitrogens with one attached hydrogen (secondary N) is 2. The van der Waals surface area contributed by atoms with Gasteiger partial charge in [-0.05, 0) is 43.6 Å². The van der Waals surface area contributed by atoms with Crippen LogP contribution in [0.5, 0.6) is 0 Å². The van der Waals surface area contributed by atoms with Gasteiger partial charge in [0.25, 0.3) is 0 Å². The second kappa shape index (κ2) is 8.06. The lowest BCUT2D eigenvalue weighted by molar-refractivity contribution is 0.354. The second-order valence-electron chi connectivity index (χ2n) is 6.80. The Hall–Kier alpha value is -2.44. The summed E-state index contributed by atoms with van der Waals surface area (Å²) in [4.78, 5) is 13.3. The first-order valence-corrected chi connectivity index (χ1v) is 9.65. The van der Waals surface area contributed by atoms with Crippen molar-refractivity contribution < 1.29 is 0 Å². The average Bonchev–Trinajstić information content (AvgIpc) is 3.23. The van der Waals surface area contributed by atoms with Crippen molar-refractivity contribution >= 4 is 17.5 Å². The number of aromatic nitrogens is 4. The molecule has 0 amide bonds. The Balaban J connectivity index is 1.60. The maximum Gasteiger partial charge on any atom is 0.222 e. The van der Waals surface area contributed by atoms with E-state index in [9.17, 15) is 0 Å². The summed E-state index contributed by atoms with van der Waals surface area (Å²) in [6.45, 7) is 3.44. The molecule has 2 aromatic heterocycles. The van der Waals surface area contributed by atoms with Crippen LogP contribution in [-0.4, -0.2) is 39.2 Å². The molecule has 7 heteroatoms. The quantitative estimate of drug-likeness (QED) is 0.685. The standard InChI is InChI=1S/C20H23ClN6/c21-17-4-2-1-3-16(17)20(6-9-22-10-7-20)18-5-8-24-19(26-18)25-12-14-27-13-11-23-15-27/h1-5,8,11,13,15,22H,6-7,9-10,12,14H2,(H,24,25,26). The van der Waals surface area contributed by atoms with Crippen molar-refractivity contribution in [3.8, 4) is 0 Å². The van der Waals surface area contributed by atoms with Gasteiger partial charge in [-0.2, -0.15) is 0 Å². The van der Waals surface area contributed by atoms with Crippen molar-refractivity contribution in [2.24, 2.45) is 0 Å². The third-order valence-electron chi connectivity index (χ3n) is 5.20. The summed E-state index contributed by atoms with van der Waals surface area (Å²) in [6.07, 6.45) is 9.29. The van der Waals surface area contributed by atoms with E-state index in [2.05, 4.69) is 32.7 Å². The summed E-state index contributed by atoms with van der Waals surface area (Å²) < 4.78 is 2.02. The molecule has 0 radical (unpaired) electrons. The van der Waals surface area contributed by atoms with E-state index in [-0.39, 0.29) is 5.41 Å². The highest BCUT2D eigenvalue weighted by molar-refractivity contribution is 6.31. The number of piperidine rings is 1. The normalized spacial score (nSPS) is 16.2. The first-order chi connectivity index (χ1) is 13.3. The molecule has 6 nitrogen and oxygen atoms in total. The van der Waals surface area contributed by atoms with Gasteiger partial charge in [-0.25, -0.2) is 15.0 Å². The monoisotopic (exact) mass is 382 g/mol. The zero-order chi connectivity index (χ0) is 18.5. The van der Waals surface area contributed by atoms with E-state index >= 15 is 0 Å². The molecule has 0 atom stereocenters. The molecule has 1 aromatic carbocycles. The van der Waals surface area contributed by atoms with Gasteiger partial charge in [0.1, 0.15) is 0 Å². The summed E-state index contributed by atoms with van der Waals surface area (Å²) in [5.74, 6) is 0.651. The molecule has 0 saturated carbocycles. The van der Waals surface area contributed by atoms with Crippen LogP contribution in [0, 0.1) is 0 Å². The van der Waals surface area contributed by atoms with Crippen LogP contribution in [0.2, 0.25) is 5.02 Å². The number of nitrogens with zero attached hydrogens (tertiary/aromatic N) is 4. The summed E-state index contributed by atoms with van der Waals surface area (Å²) in [5, 5.41) is 7.58. The minimum atomic E-state index is -0.187. The molecular formula is C20H23ClN6. The second-order valence-corrected chi connectivity index (χ2v) is 7.21. The fourth-order valence-electron chi connectivity index (χ4n) is 3.79. The van der Waals surface area contributed by atoms with Crippen LogP contribution in [0.25, 0.3) is 0 Å². The number of hydrogen-bond acceptors (Lipinski definition) is 5. The molecule has 1 fully saturated rings. The highest BCUT2D eigenvalue weighted by atomic mass is 35.5. The molecule has 1 aliphatic rings. The fraction of sp³-hybridized carbons (Fsp3) is 0.350.